The molecule has 0 saturated heterocycles. The molecule has 1 N–H and O–H groups in total. The average Bonchev–Trinajstić information content (AvgIpc) is 2.47. The van der Waals surface area contributed by atoms with Crippen LogP contribution in [-0.2, 0) is 0 Å². The number of rotatable bonds is 3. The highest BCUT2D eigenvalue weighted by Crippen LogP contribution is 2.29. The van der Waals surface area contributed by atoms with Gasteiger partial charge in [0, 0.05) is 21.1 Å². The highest BCUT2D eigenvalue weighted by Gasteiger charge is 2.14. The van der Waals surface area contributed by atoms with Crippen molar-refractivity contribution in [3.8, 4) is 0 Å². The van der Waals surface area contributed by atoms with Crippen molar-refractivity contribution in [1.29, 1.82) is 0 Å². The molecule has 1 aromatic heterocycles. The number of benzene rings is 2. The van der Waals surface area contributed by atoms with Gasteiger partial charge in [0.1, 0.15) is 0 Å². The van der Waals surface area contributed by atoms with Gasteiger partial charge < -0.3 is 5.32 Å². The Labute approximate surface area is 137 Å². The fraction of sp³-hybridized carbons (Fsp3) is 0.118. The van der Waals surface area contributed by atoms with Crippen LogP contribution in [0.15, 0.2) is 59.2 Å². The number of nitrogens with zero attached hydrogens (tertiary/aromatic N) is 1. The van der Waals surface area contributed by atoms with Crippen molar-refractivity contribution in [1.82, 2.24) is 10.3 Å². The standard InChI is InChI=1S/C17H14BrClN2/c1-20-17(13-7-14(18)10-15(19)8-13)12-5-4-11-3-2-6-21-16(11)9-12/h2-10,17,20H,1H3. The normalized spacial score (nSPS) is 12.5. The maximum absolute atomic E-state index is 6.16. The molecule has 0 spiro atoms. The van der Waals surface area contributed by atoms with Crippen LogP contribution >= 0.6 is 27.5 Å². The third-order valence-corrected chi connectivity index (χ3v) is 4.15. The summed E-state index contributed by atoms with van der Waals surface area (Å²) in [7, 11) is 1.95. The Morgan fingerprint density at radius 3 is 2.71 bits per heavy atom. The maximum Gasteiger partial charge on any atom is 0.0705 e. The molecule has 0 aliphatic rings. The SMILES string of the molecule is CNC(c1cc(Cl)cc(Br)c1)c1ccc2cccnc2c1. The summed E-state index contributed by atoms with van der Waals surface area (Å²) in [5.74, 6) is 0. The van der Waals surface area contributed by atoms with Crippen molar-refractivity contribution in [3.05, 3.63) is 75.4 Å². The summed E-state index contributed by atoms with van der Waals surface area (Å²) in [6.45, 7) is 0. The summed E-state index contributed by atoms with van der Waals surface area (Å²) in [5.41, 5.74) is 3.28. The number of hydrogen-bond donors (Lipinski definition) is 1. The van der Waals surface area contributed by atoms with Crippen LogP contribution in [0.2, 0.25) is 5.02 Å². The summed E-state index contributed by atoms with van der Waals surface area (Å²) in [6.07, 6.45) is 1.82. The Bertz CT molecular complexity index is 768. The number of aromatic nitrogens is 1. The largest absolute Gasteiger partial charge is 0.309 e. The Morgan fingerprint density at radius 1 is 1.10 bits per heavy atom. The molecule has 0 bridgehead atoms. The van der Waals surface area contributed by atoms with Gasteiger partial charge in [-0.05, 0) is 48.5 Å². The molecule has 4 heteroatoms. The van der Waals surface area contributed by atoms with E-state index in [1.807, 2.05) is 31.4 Å². The highest BCUT2D eigenvalue weighted by molar-refractivity contribution is 9.10. The van der Waals surface area contributed by atoms with Crippen LogP contribution in [0.1, 0.15) is 17.2 Å². The number of nitrogens with one attached hydrogen (secondary N) is 1. The molecule has 0 aliphatic carbocycles. The van der Waals surface area contributed by atoms with Crippen LogP contribution < -0.4 is 5.32 Å². The van der Waals surface area contributed by atoms with Crippen molar-refractivity contribution in [2.45, 2.75) is 6.04 Å². The number of fused-ring (bicyclic) bond motifs is 1. The average molecular weight is 362 g/mol. The van der Waals surface area contributed by atoms with E-state index in [-0.39, 0.29) is 6.04 Å². The zero-order chi connectivity index (χ0) is 14.8. The molecule has 0 aliphatic heterocycles. The zero-order valence-corrected chi connectivity index (χ0v) is 13.8. The van der Waals surface area contributed by atoms with Gasteiger partial charge in [-0.25, -0.2) is 0 Å². The molecule has 21 heavy (non-hydrogen) atoms. The highest BCUT2D eigenvalue weighted by atomic mass is 79.9. The van der Waals surface area contributed by atoms with Crippen LogP contribution in [0.4, 0.5) is 0 Å². The molecule has 1 unspecified atom stereocenters. The second kappa shape index (κ2) is 6.14. The van der Waals surface area contributed by atoms with E-state index in [4.69, 9.17) is 11.6 Å². The first kappa shape index (κ1) is 14.5. The lowest BCUT2D eigenvalue weighted by atomic mass is 9.98. The summed E-state index contributed by atoms with van der Waals surface area (Å²) in [5, 5.41) is 5.21. The Kier molecular flexibility index (Phi) is 4.24. The summed E-state index contributed by atoms with van der Waals surface area (Å²) in [6, 6.07) is 16.4. The molecule has 2 nitrogen and oxygen atoms in total. The van der Waals surface area contributed by atoms with E-state index < -0.39 is 0 Å². The Balaban J connectivity index is 2.08. The van der Waals surface area contributed by atoms with Gasteiger partial charge >= 0.3 is 0 Å². The first-order chi connectivity index (χ1) is 10.2. The van der Waals surface area contributed by atoms with Gasteiger partial charge in [0.15, 0.2) is 0 Å². The molecule has 0 amide bonds. The van der Waals surface area contributed by atoms with Crippen LogP contribution in [-0.4, -0.2) is 12.0 Å². The summed E-state index contributed by atoms with van der Waals surface area (Å²) in [4.78, 5) is 4.42. The second-order valence-electron chi connectivity index (χ2n) is 4.88. The first-order valence-corrected chi connectivity index (χ1v) is 7.82. The predicted molar refractivity (Wildman–Crippen MR) is 91.8 cm³/mol. The molecule has 2 aromatic carbocycles. The van der Waals surface area contributed by atoms with E-state index in [2.05, 4.69) is 56.6 Å². The van der Waals surface area contributed by atoms with E-state index in [1.54, 1.807) is 0 Å². The van der Waals surface area contributed by atoms with Crippen molar-refractivity contribution < 1.29 is 0 Å². The minimum Gasteiger partial charge on any atom is -0.309 e. The maximum atomic E-state index is 6.16. The lowest BCUT2D eigenvalue weighted by Gasteiger charge is -2.18. The van der Waals surface area contributed by atoms with E-state index in [9.17, 15) is 0 Å². The van der Waals surface area contributed by atoms with Crippen molar-refractivity contribution in [2.75, 3.05) is 7.05 Å². The fourth-order valence-electron chi connectivity index (χ4n) is 2.53. The molecule has 1 atom stereocenters. The molecular weight excluding hydrogens is 348 g/mol. The molecule has 3 rings (SSSR count). The van der Waals surface area contributed by atoms with Crippen LogP contribution in [0.5, 0.6) is 0 Å². The van der Waals surface area contributed by atoms with Gasteiger partial charge in [0.2, 0.25) is 0 Å². The molecule has 0 fully saturated rings. The molecule has 3 aromatic rings. The fourth-order valence-corrected chi connectivity index (χ4v) is 3.42. The van der Waals surface area contributed by atoms with Gasteiger partial charge in [0.05, 0.1) is 11.6 Å². The zero-order valence-electron chi connectivity index (χ0n) is 11.5. The topological polar surface area (TPSA) is 24.9 Å². The predicted octanol–water partition coefficient (Wildman–Crippen LogP) is 4.96. The van der Waals surface area contributed by atoms with Gasteiger partial charge in [-0.2, -0.15) is 0 Å². The number of hydrogen-bond acceptors (Lipinski definition) is 2. The Morgan fingerprint density at radius 2 is 1.95 bits per heavy atom. The van der Waals surface area contributed by atoms with Crippen LogP contribution in [0.25, 0.3) is 10.9 Å². The quantitative estimate of drug-likeness (QED) is 0.713. The van der Waals surface area contributed by atoms with E-state index in [1.165, 1.54) is 0 Å². The van der Waals surface area contributed by atoms with E-state index >= 15 is 0 Å². The van der Waals surface area contributed by atoms with Gasteiger partial charge in [-0.3, -0.25) is 4.98 Å². The number of pyridine rings is 1. The third kappa shape index (κ3) is 3.10. The third-order valence-electron chi connectivity index (χ3n) is 3.47. The second-order valence-corrected chi connectivity index (χ2v) is 6.23. The molecule has 0 saturated carbocycles. The summed E-state index contributed by atoms with van der Waals surface area (Å²) >= 11 is 9.66. The molecule has 0 radical (unpaired) electrons. The molecule has 1 heterocycles. The minimum absolute atomic E-state index is 0.0754. The van der Waals surface area contributed by atoms with Crippen molar-refractivity contribution in [3.63, 3.8) is 0 Å². The molecule has 106 valence electrons. The van der Waals surface area contributed by atoms with Crippen molar-refractivity contribution >= 4 is 38.4 Å². The van der Waals surface area contributed by atoms with Gasteiger partial charge in [0.25, 0.3) is 0 Å². The monoisotopic (exact) mass is 360 g/mol. The Hall–Kier alpha value is -1.42. The smallest absolute Gasteiger partial charge is 0.0705 e. The van der Waals surface area contributed by atoms with Crippen LogP contribution in [0, 0.1) is 0 Å². The molecular formula is C17H14BrClN2. The van der Waals surface area contributed by atoms with E-state index in [0.29, 0.717) is 0 Å². The van der Waals surface area contributed by atoms with Crippen molar-refractivity contribution in [2.24, 2.45) is 0 Å². The van der Waals surface area contributed by atoms with Gasteiger partial charge in [-0.1, -0.05) is 45.7 Å². The minimum atomic E-state index is 0.0754. The van der Waals surface area contributed by atoms with E-state index in [0.717, 1.165) is 31.5 Å². The number of halogens is 2. The first-order valence-electron chi connectivity index (χ1n) is 6.65. The lowest BCUT2D eigenvalue weighted by molar-refractivity contribution is 0.692. The lowest BCUT2D eigenvalue weighted by Crippen LogP contribution is -2.17. The van der Waals surface area contributed by atoms with Gasteiger partial charge in [-0.15, -0.1) is 0 Å². The van der Waals surface area contributed by atoms with Crippen LogP contribution in [0.3, 0.4) is 0 Å². The summed E-state index contributed by atoms with van der Waals surface area (Å²) < 4.78 is 0.976.